The van der Waals surface area contributed by atoms with E-state index in [0.29, 0.717) is 11.0 Å². The Labute approximate surface area is 139 Å². The summed E-state index contributed by atoms with van der Waals surface area (Å²) >= 11 is 1.40. The lowest BCUT2D eigenvalue weighted by Gasteiger charge is -2.30. The standard InChI is InChI=1S/C15H20N6OS/c1-3-10-7-13(16)19-15(18-10)23-12-5-4-6-21(14(12)22)11-8-17-20(2)9-11/h7-9,12H,3-6H2,1-2H3,(H2,16,18,19). The van der Waals surface area contributed by atoms with Crippen molar-refractivity contribution in [3.8, 4) is 0 Å². The van der Waals surface area contributed by atoms with E-state index in [2.05, 4.69) is 15.1 Å². The normalized spacial score (nSPS) is 18.4. The number of anilines is 2. The van der Waals surface area contributed by atoms with Crippen LogP contribution in [0.2, 0.25) is 0 Å². The predicted octanol–water partition coefficient (Wildman–Crippen LogP) is 1.64. The van der Waals surface area contributed by atoms with Crippen molar-refractivity contribution in [1.29, 1.82) is 0 Å². The van der Waals surface area contributed by atoms with Gasteiger partial charge in [0.1, 0.15) is 5.82 Å². The lowest BCUT2D eigenvalue weighted by molar-refractivity contribution is -0.119. The molecule has 0 aromatic carbocycles. The highest BCUT2D eigenvalue weighted by Crippen LogP contribution is 2.31. The first-order valence-electron chi connectivity index (χ1n) is 7.67. The van der Waals surface area contributed by atoms with E-state index in [-0.39, 0.29) is 11.2 Å². The van der Waals surface area contributed by atoms with Crippen molar-refractivity contribution in [2.75, 3.05) is 17.2 Å². The Balaban J connectivity index is 1.77. The van der Waals surface area contributed by atoms with Gasteiger partial charge in [-0.3, -0.25) is 9.48 Å². The zero-order valence-corrected chi connectivity index (χ0v) is 14.1. The SMILES string of the molecule is CCc1cc(N)nc(SC2CCCN(c3cnn(C)c3)C2=O)n1. The second-order valence-electron chi connectivity index (χ2n) is 5.53. The first-order valence-corrected chi connectivity index (χ1v) is 8.55. The minimum atomic E-state index is -0.185. The van der Waals surface area contributed by atoms with Gasteiger partial charge in [0.05, 0.1) is 17.1 Å². The lowest BCUT2D eigenvalue weighted by atomic mass is 10.1. The average Bonchev–Trinajstić information content (AvgIpc) is 2.95. The summed E-state index contributed by atoms with van der Waals surface area (Å²) in [6.07, 6.45) is 6.14. The molecular weight excluding hydrogens is 312 g/mol. The predicted molar refractivity (Wildman–Crippen MR) is 90.3 cm³/mol. The molecule has 0 saturated carbocycles. The molecule has 1 aliphatic rings. The highest BCUT2D eigenvalue weighted by molar-refractivity contribution is 8.00. The number of nitrogens with zero attached hydrogens (tertiary/aromatic N) is 5. The number of aryl methyl sites for hydroxylation is 2. The Bertz CT molecular complexity index is 716. The summed E-state index contributed by atoms with van der Waals surface area (Å²) in [5, 5.41) is 4.54. The second kappa shape index (κ2) is 6.57. The largest absolute Gasteiger partial charge is 0.384 e. The van der Waals surface area contributed by atoms with Gasteiger partial charge in [-0.15, -0.1) is 0 Å². The van der Waals surface area contributed by atoms with Gasteiger partial charge in [-0.05, 0) is 19.3 Å². The van der Waals surface area contributed by atoms with Crippen LogP contribution in [0.3, 0.4) is 0 Å². The molecule has 1 atom stereocenters. The van der Waals surface area contributed by atoms with Crippen molar-refractivity contribution in [2.24, 2.45) is 7.05 Å². The summed E-state index contributed by atoms with van der Waals surface area (Å²) in [5.41, 5.74) is 7.56. The molecule has 7 nitrogen and oxygen atoms in total. The van der Waals surface area contributed by atoms with Crippen molar-refractivity contribution in [1.82, 2.24) is 19.7 Å². The number of carbonyl (C=O) groups excluding carboxylic acids is 1. The molecule has 8 heteroatoms. The van der Waals surface area contributed by atoms with Crippen molar-refractivity contribution < 1.29 is 4.79 Å². The fraction of sp³-hybridized carbons (Fsp3) is 0.467. The molecule has 0 spiro atoms. The van der Waals surface area contributed by atoms with Crippen molar-refractivity contribution in [3.63, 3.8) is 0 Å². The maximum absolute atomic E-state index is 12.8. The third kappa shape index (κ3) is 3.47. The van der Waals surface area contributed by atoms with Gasteiger partial charge in [0.25, 0.3) is 0 Å². The van der Waals surface area contributed by atoms with E-state index < -0.39 is 0 Å². The monoisotopic (exact) mass is 332 g/mol. The van der Waals surface area contributed by atoms with Crippen LogP contribution in [0.25, 0.3) is 0 Å². The molecule has 2 aromatic heterocycles. The Morgan fingerprint density at radius 3 is 2.96 bits per heavy atom. The minimum Gasteiger partial charge on any atom is -0.384 e. The number of hydrogen-bond acceptors (Lipinski definition) is 6. The van der Waals surface area contributed by atoms with Gasteiger partial charge in [0.2, 0.25) is 5.91 Å². The summed E-state index contributed by atoms with van der Waals surface area (Å²) in [5.74, 6) is 0.532. The Morgan fingerprint density at radius 2 is 2.26 bits per heavy atom. The third-order valence-electron chi connectivity index (χ3n) is 3.78. The number of aromatic nitrogens is 4. The van der Waals surface area contributed by atoms with Gasteiger partial charge in [-0.25, -0.2) is 9.97 Å². The molecule has 122 valence electrons. The highest BCUT2D eigenvalue weighted by atomic mass is 32.2. The van der Waals surface area contributed by atoms with E-state index >= 15 is 0 Å². The lowest BCUT2D eigenvalue weighted by Crippen LogP contribution is -2.42. The maximum Gasteiger partial charge on any atom is 0.240 e. The van der Waals surface area contributed by atoms with Crippen LogP contribution in [0.15, 0.2) is 23.6 Å². The van der Waals surface area contributed by atoms with Gasteiger partial charge >= 0.3 is 0 Å². The smallest absolute Gasteiger partial charge is 0.240 e. The minimum absolute atomic E-state index is 0.0818. The molecule has 23 heavy (non-hydrogen) atoms. The van der Waals surface area contributed by atoms with E-state index in [1.807, 2.05) is 20.2 Å². The van der Waals surface area contributed by atoms with Crippen LogP contribution >= 0.6 is 11.8 Å². The Morgan fingerprint density at radius 1 is 1.43 bits per heavy atom. The van der Waals surface area contributed by atoms with Crippen LogP contribution in [0, 0.1) is 0 Å². The second-order valence-corrected chi connectivity index (χ2v) is 6.70. The number of hydrogen-bond donors (Lipinski definition) is 1. The van der Waals surface area contributed by atoms with E-state index in [0.717, 1.165) is 37.2 Å². The van der Waals surface area contributed by atoms with E-state index in [1.165, 1.54) is 11.8 Å². The summed E-state index contributed by atoms with van der Waals surface area (Å²) in [6.45, 7) is 2.74. The van der Waals surface area contributed by atoms with E-state index in [4.69, 9.17) is 5.73 Å². The number of thioether (sulfide) groups is 1. The van der Waals surface area contributed by atoms with Gasteiger partial charge < -0.3 is 10.6 Å². The number of carbonyl (C=O) groups is 1. The summed E-state index contributed by atoms with van der Waals surface area (Å²) in [6, 6.07) is 1.77. The topological polar surface area (TPSA) is 89.9 Å². The fourth-order valence-corrected chi connectivity index (χ4v) is 3.71. The van der Waals surface area contributed by atoms with Crippen LogP contribution in [0.4, 0.5) is 11.5 Å². The molecule has 2 N–H and O–H groups in total. The molecule has 1 unspecified atom stereocenters. The molecule has 3 heterocycles. The third-order valence-corrected chi connectivity index (χ3v) is 4.90. The van der Waals surface area contributed by atoms with Crippen LogP contribution in [0.5, 0.6) is 0 Å². The molecule has 0 bridgehead atoms. The zero-order chi connectivity index (χ0) is 16.4. The Kier molecular flexibility index (Phi) is 4.51. The van der Waals surface area contributed by atoms with Gasteiger partial charge in [-0.1, -0.05) is 18.7 Å². The van der Waals surface area contributed by atoms with Crippen molar-refractivity contribution in [3.05, 3.63) is 24.2 Å². The summed E-state index contributed by atoms with van der Waals surface area (Å²) in [4.78, 5) is 23.3. The molecule has 0 radical (unpaired) electrons. The molecule has 3 rings (SSSR count). The molecule has 0 aliphatic carbocycles. The van der Waals surface area contributed by atoms with Crippen LogP contribution < -0.4 is 10.6 Å². The van der Waals surface area contributed by atoms with Gasteiger partial charge in [-0.2, -0.15) is 5.10 Å². The maximum atomic E-state index is 12.8. The van der Waals surface area contributed by atoms with E-state index in [9.17, 15) is 4.79 Å². The molecule has 1 saturated heterocycles. The molecule has 1 aliphatic heterocycles. The number of nitrogens with two attached hydrogens (primary N) is 1. The van der Waals surface area contributed by atoms with Gasteiger partial charge in [0.15, 0.2) is 5.16 Å². The number of rotatable bonds is 4. The van der Waals surface area contributed by atoms with Crippen molar-refractivity contribution in [2.45, 2.75) is 36.6 Å². The summed E-state index contributed by atoms with van der Waals surface area (Å²) in [7, 11) is 1.84. The first-order chi connectivity index (χ1) is 11.1. The molecular formula is C15H20N6OS. The first kappa shape index (κ1) is 15.8. The number of nitrogen functional groups attached to an aromatic ring is 1. The highest BCUT2D eigenvalue weighted by Gasteiger charge is 2.31. The van der Waals surface area contributed by atoms with Gasteiger partial charge in [0, 0.05) is 31.5 Å². The average molecular weight is 332 g/mol. The van der Waals surface area contributed by atoms with Crippen LogP contribution in [-0.4, -0.2) is 37.5 Å². The molecule has 1 fully saturated rings. The fourth-order valence-electron chi connectivity index (χ4n) is 2.61. The quantitative estimate of drug-likeness (QED) is 0.856. The van der Waals surface area contributed by atoms with E-state index in [1.54, 1.807) is 21.8 Å². The molecule has 2 aromatic rings. The summed E-state index contributed by atoms with van der Waals surface area (Å²) < 4.78 is 1.70. The Hall–Kier alpha value is -2.09. The zero-order valence-electron chi connectivity index (χ0n) is 13.3. The molecule has 1 amide bonds. The van der Waals surface area contributed by atoms with Crippen LogP contribution in [0.1, 0.15) is 25.5 Å². The van der Waals surface area contributed by atoms with Crippen molar-refractivity contribution >= 4 is 29.2 Å². The number of piperidine rings is 1. The number of amides is 1. The van der Waals surface area contributed by atoms with Crippen LogP contribution in [-0.2, 0) is 18.3 Å².